The number of anilines is 2. The number of esters is 1. The van der Waals surface area contributed by atoms with Gasteiger partial charge in [-0.3, -0.25) is 9.10 Å². The third kappa shape index (κ3) is 4.50. The minimum Gasteiger partial charge on any atom is -0.444 e. The van der Waals surface area contributed by atoms with E-state index >= 15 is 0 Å². The SMILES string of the molecule is Cc1cc(NC(=O)C(OC(=O)c2ccc3c(c2)CCN3S(C)(=O)=O)c2ccccc2)no1. The summed E-state index contributed by atoms with van der Waals surface area (Å²) in [6.45, 7) is 2.01. The number of carbonyl (C=O) groups excluding carboxylic acids is 2. The van der Waals surface area contributed by atoms with Crippen molar-refractivity contribution in [2.75, 3.05) is 22.4 Å². The van der Waals surface area contributed by atoms with Crippen molar-refractivity contribution in [2.24, 2.45) is 0 Å². The van der Waals surface area contributed by atoms with Gasteiger partial charge in [0.25, 0.3) is 5.91 Å². The molecule has 0 bridgehead atoms. The molecule has 1 N–H and O–H groups in total. The summed E-state index contributed by atoms with van der Waals surface area (Å²) >= 11 is 0. The predicted molar refractivity (Wildman–Crippen MR) is 117 cm³/mol. The van der Waals surface area contributed by atoms with Gasteiger partial charge < -0.3 is 14.6 Å². The van der Waals surface area contributed by atoms with Crippen molar-refractivity contribution in [3.63, 3.8) is 0 Å². The molecule has 1 atom stereocenters. The maximum absolute atomic E-state index is 12.9. The highest BCUT2D eigenvalue weighted by Crippen LogP contribution is 2.31. The Morgan fingerprint density at radius 2 is 1.91 bits per heavy atom. The quantitative estimate of drug-likeness (QED) is 0.568. The number of rotatable bonds is 6. The van der Waals surface area contributed by atoms with Gasteiger partial charge in [-0.15, -0.1) is 0 Å². The van der Waals surface area contributed by atoms with Crippen molar-refractivity contribution in [1.29, 1.82) is 0 Å². The summed E-state index contributed by atoms with van der Waals surface area (Å²) in [6.07, 6.45) is 0.405. The number of carbonyl (C=O) groups is 2. The Labute approximate surface area is 185 Å². The zero-order chi connectivity index (χ0) is 22.9. The Kier molecular flexibility index (Phi) is 5.70. The van der Waals surface area contributed by atoms with E-state index in [4.69, 9.17) is 9.26 Å². The highest BCUT2D eigenvalue weighted by Gasteiger charge is 2.29. The lowest BCUT2D eigenvalue weighted by atomic mass is 10.1. The molecular weight excluding hydrogens is 434 g/mol. The summed E-state index contributed by atoms with van der Waals surface area (Å²) in [7, 11) is -3.39. The van der Waals surface area contributed by atoms with E-state index in [-0.39, 0.29) is 11.4 Å². The molecule has 1 amide bonds. The number of fused-ring (bicyclic) bond motifs is 1. The zero-order valence-corrected chi connectivity index (χ0v) is 18.3. The first-order valence-electron chi connectivity index (χ1n) is 9.83. The van der Waals surface area contributed by atoms with E-state index in [2.05, 4.69) is 10.5 Å². The van der Waals surface area contributed by atoms with Gasteiger partial charge in [-0.2, -0.15) is 0 Å². The van der Waals surface area contributed by atoms with Crippen LogP contribution < -0.4 is 9.62 Å². The molecule has 1 unspecified atom stereocenters. The highest BCUT2D eigenvalue weighted by molar-refractivity contribution is 7.92. The molecule has 0 radical (unpaired) electrons. The highest BCUT2D eigenvalue weighted by atomic mass is 32.2. The summed E-state index contributed by atoms with van der Waals surface area (Å²) in [5, 5.41) is 6.32. The molecule has 0 saturated heterocycles. The molecule has 0 fully saturated rings. The van der Waals surface area contributed by atoms with Gasteiger partial charge in [0.15, 0.2) is 5.82 Å². The van der Waals surface area contributed by atoms with Crippen LogP contribution in [0.4, 0.5) is 11.5 Å². The minimum absolute atomic E-state index is 0.211. The molecule has 0 saturated carbocycles. The first-order chi connectivity index (χ1) is 15.2. The monoisotopic (exact) mass is 455 g/mol. The van der Waals surface area contributed by atoms with Crippen LogP contribution in [0.2, 0.25) is 0 Å². The second-order valence-corrected chi connectivity index (χ2v) is 9.34. The summed E-state index contributed by atoms with van der Waals surface area (Å²) in [4.78, 5) is 25.8. The molecule has 32 heavy (non-hydrogen) atoms. The second kappa shape index (κ2) is 8.46. The second-order valence-electron chi connectivity index (χ2n) is 7.44. The average molecular weight is 455 g/mol. The summed E-state index contributed by atoms with van der Waals surface area (Å²) < 4.78 is 35.7. The van der Waals surface area contributed by atoms with E-state index in [0.29, 0.717) is 30.0 Å². The third-order valence-corrected chi connectivity index (χ3v) is 6.19. The van der Waals surface area contributed by atoms with E-state index in [9.17, 15) is 18.0 Å². The fourth-order valence-electron chi connectivity index (χ4n) is 3.54. The number of aromatic nitrogens is 1. The van der Waals surface area contributed by atoms with Crippen molar-refractivity contribution in [1.82, 2.24) is 5.16 Å². The van der Waals surface area contributed by atoms with Crippen LogP contribution in [0.25, 0.3) is 0 Å². The minimum atomic E-state index is -3.39. The van der Waals surface area contributed by atoms with Gasteiger partial charge >= 0.3 is 5.97 Å². The molecule has 2 aromatic carbocycles. The maximum Gasteiger partial charge on any atom is 0.339 e. The van der Waals surface area contributed by atoms with Gasteiger partial charge in [0.05, 0.1) is 17.5 Å². The largest absolute Gasteiger partial charge is 0.444 e. The molecule has 166 valence electrons. The van der Waals surface area contributed by atoms with E-state index < -0.39 is 28.0 Å². The molecule has 1 aliphatic rings. The van der Waals surface area contributed by atoms with Gasteiger partial charge in [0, 0.05) is 18.2 Å². The van der Waals surface area contributed by atoms with Crippen LogP contribution in [0, 0.1) is 6.92 Å². The van der Waals surface area contributed by atoms with Gasteiger partial charge in [-0.1, -0.05) is 35.5 Å². The predicted octanol–water partition coefficient (Wildman–Crippen LogP) is 2.84. The van der Waals surface area contributed by atoms with Crippen LogP contribution in [0.15, 0.2) is 59.1 Å². The molecule has 1 aromatic heterocycles. The Morgan fingerprint density at radius 3 is 2.56 bits per heavy atom. The molecule has 1 aliphatic heterocycles. The molecule has 0 aliphatic carbocycles. The molecule has 2 heterocycles. The van der Waals surface area contributed by atoms with Crippen LogP contribution >= 0.6 is 0 Å². The Morgan fingerprint density at radius 1 is 1.16 bits per heavy atom. The molecule has 0 spiro atoms. The van der Waals surface area contributed by atoms with Crippen molar-refractivity contribution < 1.29 is 27.3 Å². The van der Waals surface area contributed by atoms with Crippen LogP contribution in [-0.2, 0) is 26.0 Å². The van der Waals surface area contributed by atoms with Crippen LogP contribution in [-0.4, -0.2) is 38.3 Å². The van der Waals surface area contributed by atoms with Crippen LogP contribution in [0.5, 0.6) is 0 Å². The number of aryl methyl sites for hydroxylation is 1. The van der Waals surface area contributed by atoms with Crippen molar-refractivity contribution >= 4 is 33.4 Å². The molecule has 9 nitrogen and oxygen atoms in total. The number of hydrogen-bond donors (Lipinski definition) is 1. The maximum atomic E-state index is 12.9. The number of ether oxygens (including phenoxy) is 1. The van der Waals surface area contributed by atoms with Crippen molar-refractivity contribution in [3.05, 3.63) is 77.0 Å². The first kappa shape index (κ1) is 21.6. The number of amides is 1. The Balaban J connectivity index is 1.57. The third-order valence-electron chi connectivity index (χ3n) is 5.01. The van der Waals surface area contributed by atoms with E-state index in [1.807, 2.05) is 0 Å². The number of nitrogens with one attached hydrogen (secondary N) is 1. The standard InChI is InChI=1S/C22H21N3O6S/c1-14-12-19(24-31-14)23-21(26)20(15-6-4-3-5-7-15)30-22(27)17-8-9-18-16(13-17)10-11-25(18)32(2,28)29/h3-9,12-13,20H,10-11H2,1-2H3,(H,23,24,26). The molecule has 4 rings (SSSR count). The van der Waals surface area contributed by atoms with E-state index in [1.165, 1.54) is 10.4 Å². The summed E-state index contributed by atoms with van der Waals surface area (Å²) in [5.41, 5.74) is 1.99. The van der Waals surface area contributed by atoms with Gasteiger partial charge in [0.2, 0.25) is 16.1 Å². The number of sulfonamides is 1. The zero-order valence-electron chi connectivity index (χ0n) is 17.4. The van der Waals surface area contributed by atoms with Crippen molar-refractivity contribution in [2.45, 2.75) is 19.4 Å². The smallest absolute Gasteiger partial charge is 0.339 e. The lowest BCUT2D eigenvalue weighted by Crippen LogP contribution is -2.27. The molecule has 3 aromatic rings. The fraction of sp³-hybridized carbons (Fsp3) is 0.227. The Hall–Kier alpha value is -3.66. The normalized spacial score (nSPS) is 14.0. The number of benzene rings is 2. The van der Waals surface area contributed by atoms with E-state index in [1.54, 1.807) is 55.5 Å². The Bertz CT molecular complexity index is 1270. The van der Waals surface area contributed by atoms with E-state index in [0.717, 1.165) is 11.8 Å². The first-order valence-corrected chi connectivity index (χ1v) is 11.7. The fourth-order valence-corrected chi connectivity index (χ4v) is 4.49. The van der Waals surface area contributed by atoms with Crippen LogP contribution in [0.1, 0.15) is 33.3 Å². The summed E-state index contributed by atoms with van der Waals surface area (Å²) in [6, 6.07) is 14.8. The van der Waals surface area contributed by atoms with Gasteiger partial charge in [0.1, 0.15) is 5.76 Å². The van der Waals surface area contributed by atoms with Gasteiger partial charge in [-0.25, -0.2) is 13.2 Å². The van der Waals surface area contributed by atoms with Crippen molar-refractivity contribution in [3.8, 4) is 0 Å². The lowest BCUT2D eigenvalue weighted by molar-refractivity contribution is -0.125. The lowest BCUT2D eigenvalue weighted by Gasteiger charge is -2.18. The topological polar surface area (TPSA) is 119 Å². The van der Waals surface area contributed by atoms with Gasteiger partial charge in [-0.05, 0) is 37.1 Å². The number of hydrogen-bond acceptors (Lipinski definition) is 7. The number of nitrogens with zero attached hydrogens (tertiary/aromatic N) is 2. The average Bonchev–Trinajstić information content (AvgIpc) is 3.37. The summed E-state index contributed by atoms with van der Waals surface area (Å²) in [5.74, 6) is -0.550. The van der Waals surface area contributed by atoms with Crippen LogP contribution in [0.3, 0.4) is 0 Å². The molecular formula is C22H21N3O6S. The molecule has 10 heteroatoms.